The van der Waals surface area contributed by atoms with Gasteiger partial charge in [-0.05, 0) is 69.5 Å². The SMILES string of the molecule is Cc1cc2nnc(C(=O)NC3(C(=O)N4CC=C(c5ccc(F)cc5)CC4)CCNCC3)c(C)n2n1. The number of rotatable bonds is 4. The molecular formula is C25H28FN7O2. The van der Waals surface area contributed by atoms with E-state index >= 15 is 0 Å². The second-order valence-corrected chi connectivity index (χ2v) is 9.21. The van der Waals surface area contributed by atoms with Gasteiger partial charge in [0.25, 0.3) is 5.91 Å². The number of hydrogen-bond acceptors (Lipinski definition) is 6. The standard InChI is InChI=1S/C25H28FN7O2/c1-16-15-21-29-30-22(17(2)33(21)31-16)23(34)28-25(9-11-27-12-10-25)24(35)32-13-7-19(8-14-32)18-3-5-20(26)6-4-18/h3-7,15,27H,8-14H2,1-2H3,(H,28,34). The summed E-state index contributed by atoms with van der Waals surface area (Å²) in [5.41, 5.74) is 3.11. The van der Waals surface area contributed by atoms with E-state index in [4.69, 9.17) is 0 Å². The highest BCUT2D eigenvalue weighted by Crippen LogP contribution is 2.27. The van der Waals surface area contributed by atoms with Crippen LogP contribution in [0, 0.1) is 19.7 Å². The summed E-state index contributed by atoms with van der Waals surface area (Å²) in [4.78, 5) is 28.9. The van der Waals surface area contributed by atoms with Gasteiger partial charge in [-0.15, -0.1) is 10.2 Å². The average molecular weight is 478 g/mol. The Morgan fingerprint density at radius 3 is 2.54 bits per heavy atom. The number of carbonyl (C=O) groups is 2. The van der Waals surface area contributed by atoms with E-state index in [0.717, 1.165) is 16.8 Å². The van der Waals surface area contributed by atoms with Crippen LogP contribution >= 0.6 is 0 Å². The maximum Gasteiger partial charge on any atom is 0.274 e. The molecule has 0 spiro atoms. The van der Waals surface area contributed by atoms with Crippen molar-refractivity contribution in [2.45, 2.75) is 38.6 Å². The van der Waals surface area contributed by atoms with Crippen LogP contribution in [0.2, 0.25) is 0 Å². The lowest BCUT2D eigenvalue weighted by molar-refractivity contribution is -0.138. The molecule has 2 aliphatic heterocycles. The van der Waals surface area contributed by atoms with Crippen LogP contribution in [0.3, 0.4) is 0 Å². The fourth-order valence-corrected chi connectivity index (χ4v) is 4.89. The van der Waals surface area contributed by atoms with Gasteiger partial charge in [-0.1, -0.05) is 18.2 Å². The van der Waals surface area contributed by atoms with E-state index in [9.17, 15) is 14.0 Å². The smallest absolute Gasteiger partial charge is 0.274 e. The summed E-state index contributed by atoms with van der Waals surface area (Å²) in [6.45, 7) is 5.84. The monoisotopic (exact) mass is 477 g/mol. The van der Waals surface area contributed by atoms with Crippen LogP contribution in [-0.2, 0) is 4.79 Å². The molecule has 9 nitrogen and oxygen atoms in total. The molecule has 0 atom stereocenters. The molecule has 1 aromatic carbocycles. The van der Waals surface area contributed by atoms with Crippen molar-refractivity contribution < 1.29 is 14.0 Å². The number of nitrogens with one attached hydrogen (secondary N) is 2. The fraction of sp³-hybridized carbons (Fsp3) is 0.400. The molecule has 2 aliphatic rings. The van der Waals surface area contributed by atoms with Gasteiger partial charge >= 0.3 is 0 Å². The number of benzene rings is 1. The average Bonchev–Trinajstić information content (AvgIpc) is 3.26. The van der Waals surface area contributed by atoms with Gasteiger partial charge in [-0.25, -0.2) is 8.91 Å². The Bertz CT molecular complexity index is 1310. The fourth-order valence-electron chi connectivity index (χ4n) is 4.89. The first kappa shape index (κ1) is 23.1. The highest BCUT2D eigenvalue weighted by atomic mass is 19.1. The molecule has 4 heterocycles. The van der Waals surface area contributed by atoms with Crippen molar-refractivity contribution in [1.82, 2.24) is 35.3 Å². The molecule has 0 unspecified atom stereocenters. The van der Waals surface area contributed by atoms with Gasteiger partial charge < -0.3 is 15.5 Å². The van der Waals surface area contributed by atoms with Gasteiger partial charge in [0.1, 0.15) is 11.4 Å². The largest absolute Gasteiger partial charge is 0.337 e. The van der Waals surface area contributed by atoms with Crippen molar-refractivity contribution in [2.24, 2.45) is 0 Å². The van der Waals surface area contributed by atoms with Crippen LogP contribution in [0.15, 0.2) is 36.4 Å². The van der Waals surface area contributed by atoms with E-state index in [1.54, 1.807) is 34.5 Å². The number of hydrogen-bond donors (Lipinski definition) is 2. The number of piperidine rings is 1. The second kappa shape index (κ2) is 9.18. The van der Waals surface area contributed by atoms with Crippen LogP contribution in [0.1, 0.15) is 46.7 Å². The third-order valence-electron chi connectivity index (χ3n) is 6.87. The molecule has 2 aromatic heterocycles. The Labute approximate surface area is 202 Å². The topological polar surface area (TPSA) is 105 Å². The first-order valence-corrected chi connectivity index (χ1v) is 11.8. The number of aromatic nitrogens is 4. The van der Waals surface area contributed by atoms with Crippen molar-refractivity contribution >= 4 is 23.0 Å². The molecule has 2 amide bonds. The Morgan fingerprint density at radius 2 is 1.86 bits per heavy atom. The third-order valence-corrected chi connectivity index (χ3v) is 6.87. The second-order valence-electron chi connectivity index (χ2n) is 9.21. The Morgan fingerprint density at radius 1 is 1.11 bits per heavy atom. The third kappa shape index (κ3) is 4.41. The maximum atomic E-state index is 13.8. The first-order chi connectivity index (χ1) is 16.9. The van der Waals surface area contributed by atoms with E-state index in [-0.39, 0.29) is 17.4 Å². The summed E-state index contributed by atoms with van der Waals surface area (Å²) < 4.78 is 14.9. The van der Waals surface area contributed by atoms with E-state index in [0.29, 0.717) is 56.8 Å². The Kier molecular flexibility index (Phi) is 6.06. The molecule has 1 fully saturated rings. The quantitative estimate of drug-likeness (QED) is 0.596. The zero-order valence-electron chi connectivity index (χ0n) is 19.8. The van der Waals surface area contributed by atoms with Gasteiger partial charge in [-0.3, -0.25) is 9.59 Å². The zero-order valence-corrected chi connectivity index (χ0v) is 19.8. The van der Waals surface area contributed by atoms with Crippen LogP contribution < -0.4 is 10.6 Å². The lowest BCUT2D eigenvalue weighted by atomic mass is 9.85. The van der Waals surface area contributed by atoms with Gasteiger partial charge in [-0.2, -0.15) is 5.10 Å². The van der Waals surface area contributed by atoms with Gasteiger partial charge in [0.15, 0.2) is 11.3 Å². The molecule has 10 heteroatoms. The van der Waals surface area contributed by atoms with Crippen molar-refractivity contribution in [2.75, 3.05) is 26.2 Å². The summed E-state index contributed by atoms with van der Waals surface area (Å²) in [5.74, 6) is -0.796. The minimum atomic E-state index is -1.02. The van der Waals surface area contributed by atoms with Crippen LogP contribution in [0.5, 0.6) is 0 Å². The van der Waals surface area contributed by atoms with Crippen molar-refractivity contribution in [3.63, 3.8) is 0 Å². The van der Waals surface area contributed by atoms with E-state index in [1.165, 1.54) is 12.1 Å². The summed E-state index contributed by atoms with van der Waals surface area (Å²) in [5, 5.41) is 19.0. The highest BCUT2D eigenvalue weighted by molar-refractivity contribution is 5.99. The summed E-state index contributed by atoms with van der Waals surface area (Å²) >= 11 is 0. The molecule has 3 aromatic rings. The van der Waals surface area contributed by atoms with E-state index < -0.39 is 11.4 Å². The minimum absolute atomic E-state index is 0.0941. The molecule has 0 aliphatic carbocycles. The predicted octanol–water partition coefficient (Wildman–Crippen LogP) is 2.05. The number of carbonyl (C=O) groups excluding carboxylic acids is 2. The van der Waals surface area contributed by atoms with Crippen LogP contribution in [0.25, 0.3) is 11.2 Å². The van der Waals surface area contributed by atoms with Crippen molar-refractivity contribution in [3.05, 3.63) is 64.9 Å². The van der Waals surface area contributed by atoms with E-state index in [2.05, 4.69) is 25.9 Å². The molecule has 182 valence electrons. The highest BCUT2D eigenvalue weighted by Gasteiger charge is 2.44. The summed E-state index contributed by atoms with van der Waals surface area (Å²) in [7, 11) is 0. The summed E-state index contributed by atoms with van der Waals surface area (Å²) in [6, 6.07) is 8.20. The van der Waals surface area contributed by atoms with Gasteiger partial charge in [0.2, 0.25) is 5.91 Å². The molecule has 1 saturated heterocycles. The normalized spacial score (nSPS) is 17.8. The maximum absolute atomic E-state index is 13.8. The van der Waals surface area contributed by atoms with Crippen LogP contribution in [-0.4, -0.2) is 68.2 Å². The Hall–Kier alpha value is -3.66. The van der Waals surface area contributed by atoms with E-state index in [1.807, 2.05) is 13.0 Å². The number of nitrogens with zero attached hydrogens (tertiary/aromatic N) is 5. The number of halogens is 1. The lowest BCUT2D eigenvalue weighted by Crippen LogP contribution is -2.64. The molecule has 0 saturated carbocycles. The number of aryl methyl sites for hydroxylation is 2. The number of amides is 2. The molecule has 0 radical (unpaired) electrons. The molecule has 2 N–H and O–H groups in total. The van der Waals surface area contributed by atoms with Gasteiger partial charge in [0, 0.05) is 19.2 Å². The molecular weight excluding hydrogens is 449 g/mol. The van der Waals surface area contributed by atoms with Crippen LogP contribution in [0.4, 0.5) is 4.39 Å². The predicted molar refractivity (Wildman–Crippen MR) is 128 cm³/mol. The minimum Gasteiger partial charge on any atom is -0.337 e. The van der Waals surface area contributed by atoms with Gasteiger partial charge in [0.05, 0.1) is 11.4 Å². The lowest BCUT2D eigenvalue weighted by Gasteiger charge is -2.41. The molecule has 0 bridgehead atoms. The Balaban J connectivity index is 1.37. The first-order valence-electron chi connectivity index (χ1n) is 11.8. The molecule has 35 heavy (non-hydrogen) atoms. The summed E-state index contributed by atoms with van der Waals surface area (Å²) in [6.07, 6.45) is 3.64. The molecule has 5 rings (SSSR count). The number of fused-ring (bicyclic) bond motifs is 1. The zero-order chi connectivity index (χ0) is 24.6. The van der Waals surface area contributed by atoms with Crippen molar-refractivity contribution in [1.29, 1.82) is 0 Å². The van der Waals surface area contributed by atoms with Crippen molar-refractivity contribution in [3.8, 4) is 0 Å².